The Morgan fingerprint density at radius 3 is 2.25 bits per heavy atom. The van der Waals surface area contributed by atoms with Crippen LogP contribution in [0.5, 0.6) is 0 Å². The SMILES string of the molecule is CC(=O)NC(C)C(O)CC(C)C. The summed E-state index contributed by atoms with van der Waals surface area (Å²) in [5, 5.41) is 12.2. The number of carbonyl (C=O) groups excluding carboxylic acids is 1. The Bertz CT molecular complexity index is 145. The molecule has 0 aliphatic heterocycles. The van der Waals surface area contributed by atoms with Crippen LogP contribution in [-0.4, -0.2) is 23.2 Å². The molecule has 0 bridgehead atoms. The van der Waals surface area contributed by atoms with E-state index in [1.54, 1.807) is 0 Å². The minimum absolute atomic E-state index is 0.0923. The lowest BCUT2D eigenvalue weighted by molar-refractivity contribution is -0.120. The van der Waals surface area contributed by atoms with Crippen LogP contribution < -0.4 is 5.32 Å². The molecule has 0 saturated heterocycles. The van der Waals surface area contributed by atoms with Gasteiger partial charge in [0.1, 0.15) is 0 Å². The van der Waals surface area contributed by atoms with Gasteiger partial charge >= 0.3 is 0 Å². The van der Waals surface area contributed by atoms with Gasteiger partial charge in [0.05, 0.1) is 12.1 Å². The molecule has 0 aliphatic carbocycles. The first kappa shape index (κ1) is 11.4. The maximum atomic E-state index is 10.6. The summed E-state index contributed by atoms with van der Waals surface area (Å²) in [6, 6.07) is -0.148. The molecule has 0 heterocycles. The van der Waals surface area contributed by atoms with E-state index in [9.17, 15) is 9.90 Å². The Morgan fingerprint density at radius 1 is 1.42 bits per heavy atom. The number of nitrogens with one attached hydrogen (secondary N) is 1. The molecule has 3 heteroatoms. The Labute approximate surface area is 74.2 Å². The topological polar surface area (TPSA) is 49.3 Å². The summed E-state index contributed by atoms with van der Waals surface area (Å²) in [7, 11) is 0. The number of hydrogen-bond donors (Lipinski definition) is 2. The molecule has 3 nitrogen and oxygen atoms in total. The fourth-order valence-electron chi connectivity index (χ4n) is 1.10. The van der Waals surface area contributed by atoms with Crippen LogP contribution in [0.2, 0.25) is 0 Å². The van der Waals surface area contributed by atoms with Gasteiger partial charge in [-0.2, -0.15) is 0 Å². The van der Waals surface area contributed by atoms with Crippen LogP contribution in [-0.2, 0) is 4.79 Å². The Balaban J connectivity index is 3.76. The van der Waals surface area contributed by atoms with Gasteiger partial charge in [-0.3, -0.25) is 4.79 Å². The summed E-state index contributed by atoms with van der Waals surface area (Å²) in [4.78, 5) is 10.6. The smallest absolute Gasteiger partial charge is 0.217 e. The second-order valence-electron chi connectivity index (χ2n) is 3.69. The van der Waals surface area contributed by atoms with Crippen molar-refractivity contribution in [1.82, 2.24) is 5.32 Å². The van der Waals surface area contributed by atoms with Gasteiger partial charge in [0.2, 0.25) is 5.91 Å². The van der Waals surface area contributed by atoms with Crippen molar-refractivity contribution >= 4 is 5.91 Å². The van der Waals surface area contributed by atoms with Crippen molar-refractivity contribution in [3.8, 4) is 0 Å². The molecule has 0 aromatic heterocycles. The van der Waals surface area contributed by atoms with Gasteiger partial charge in [-0.25, -0.2) is 0 Å². The number of carbonyl (C=O) groups is 1. The third-order valence-corrected chi connectivity index (χ3v) is 1.72. The quantitative estimate of drug-likeness (QED) is 0.664. The molecular formula is C9H19NO2. The molecular weight excluding hydrogens is 154 g/mol. The molecule has 2 unspecified atom stereocenters. The fourth-order valence-corrected chi connectivity index (χ4v) is 1.10. The highest BCUT2D eigenvalue weighted by Crippen LogP contribution is 2.07. The summed E-state index contributed by atoms with van der Waals surface area (Å²) in [6.45, 7) is 7.36. The molecule has 0 aromatic carbocycles. The van der Waals surface area contributed by atoms with Gasteiger partial charge in [-0.15, -0.1) is 0 Å². The molecule has 0 saturated carbocycles. The molecule has 0 aromatic rings. The molecule has 2 N–H and O–H groups in total. The highest BCUT2D eigenvalue weighted by Gasteiger charge is 2.15. The van der Waals surface area contributed by atoms with Crippen LogP contribution >= 0.6 is 0 Å². The van der Waals surface area contributed by atoms with E-state index >= 15 is 0 Å². The first-order chi connectivity index (χ1) is 5.43. The third kappa shape index (κ3) is 5.13. The zero-order chi connectivity index (χ0) is 9.72. The number of aliphatic hydroxyl groups is 1. The predicted molar refractivity (Wildman–Crippen MR) is 48.7 cm³/mol. The second-order valence-corrected chi connectivity index (χ2v) is 3.69. The highest BCUT2D eigenvalue weighted by molar-refractivity contribution is 5.73. The van der Waals surface area contributed by atoms with Crippen molar-refractivity contribution < 1.29 is 9.90 Å². The maximum absolute atomic E-state index is 10.6. The van der Waals surface area contributed by atoms with Crippen molar-refractivity contribution in [3.63, 3.8) is 0 Å². The molecule has 12 heavy (non-hydrogen) atoms. The van der Waals surface area contributed by atoms with Gasteiger partial charge in [0, 0.05) is 6.92 Å². The number of amides is 1. The van der Waals surface area contributed by atoms with Gasteiger partial charge < -0.3 is 10.4 Å². The number of aliphatic hydroxyl groups excluding tert-OH is 1. The summed E-state index contributed by atoms with van der Waals surface area (Å²) in [6.07, 6.45) is 0.287. The van der Waals surface area contributed by atoms with Crippen LogP contribution in [0.3, 0.4) is 0 Å². The summed E-state index contributed by atoms with van der Waals surface area (Å²) >= 11 is 0. The van der Waals surface area contributed by atoms with Crippen LogP contribution in [0.4, 0.5) is 0 Å². The molecule has 2 atom stereocenters. The van der Waals surface area contributed by atoms with E-state index < -0.39 is 6.10 Å². The monoisotopic (exact) mass is 173 g/mol. The lowest BCUT2D eigenvalue weighted by atomic mass is 10.0. The molecule has 0 aliphatic rings. The van der Waals surface area contributed by atoms with Crippen LogP contribution in [0.25, 0.3) is 0 Å². The van der Waals surface area contributed by atoms with E-state index in [-0.39, 0.29) is 11.9 Å². The molecule has 0 fully saturated rings. The largest absolute Gasteiger partial charge is 0.391 e. The fraction of sp³-hybridized carbons (Fsp3) is 0.889. The third-order valence-electron chi connectivity index (χ3n) is 1.72. The predicted octanol–water partition coefficient (Wildman–Crippen LogP) is 0.918. The van der Waals surface area contributed by atoms with Crippen molar-refractivity contribution in [2.45, 2.75) is 46.3 Å². The second kappa shape index (κ2) is 5.14. The Morgan fingerprint density at radius 2 is 1.92 bits per heavy atom. The van der Waals surface area contributed by atoms with Gasteiger partial charge in [-0.05, 0) is 19.3 Å². The average Bonchev–Trinajstić information content (AvgIpc) is 1.84. The lowest BCUT2D eigenvalue weighted by Gasteiger charge is -2.20. The summed E-state index contributed by atoms with van der Waals surface area (Å²) in [5.74, 6) is 0.363. The van der Waals surface area contributed by atoms with Gasteiger partial charge in [-0.1, -0.05) is 13.8 Å². The van der Waals surface area contributed by atoms with E-state index in [1.807, 2.05) is 20.8 Å². The summed E-state index contributed by atoms with van der Waals surface area (Å²) < 4.78 is 0. The van der Waals surface area contributed by atoms with Crippen molar-refractivity contribution in [1.29, 1.82) is 0 Å². The first-order valence-corrected chi connectivity index (χ1v) is 4.38. The van der Waals surface area contributed by atoms with Crippen molar-refractivity contribution in [3.05, 3.63) is 0 Å². The molecule has 0 rings (SSSR count). The first-order valence-electron chi connectivity index (χ1n) is 4.38. The van der Waals surface area contributed by atoms with Gasteiger partial charge in [0.15, 0.2) is 0 Å². The number of hydrogen-bond acceptors (Lipinski definition) is 2. The van der Waals surface area contributed by atoms with E-state index in [0.717, 1.165) is 6.42 Å². The minimum Gasteiger partial charge on any atom is -0.391 e. The van der Waals surface area contributed by atoms with Crippen LogP contribution in [0, 0.1) is 5.92 Å². The lowest BCUT2D eigenvalue weighted by Crippen LogP contribution is -2.40. The van der Waals surface area contributed by atoms with Crippen molar-refractivity contribution in [2.75, 3.05) is 0 Å². The normalized spacial score (nSPS) is 15.8. The van der Waals surface area contributed by atoms with E-state index in [2.05, 4.69) is 5.32 Å². The van der Waals surface area contributed by atoms with Gasteiger partial charge in [0.25, 0.3) is 0 Å². The molecule has 0 radical (unpaired) electrons. The van der Waals surface area contributed by atoms with E-state index in [1.165, 1.54) is 6.92 Å². The minimum atomic E-state index is -0.436. The zero-order valence-corrected chi connectivity index (χ0v) is 8.29. The average molecular weight is 173 g/mol. The standard InChI is InChI=1S/C9H19NO2/c1-6(2)5-9(12)7(3)10-8(4)11/h6-7,9,12H,5H2,1-4H3,(H,10,11). The van der Waals surface area contributed by atoms with Crippen LogP contribution in [0.1, 0.15) is 34.1 Å². The van der Waals surface area contributed by atoms with Crippen molar-refractivity contribution in [2.24, 2.45) is 5.92 Å². The zero-order valence-electron chi connectivity index (χ0n) is 8.29. The van der Waals surface area contributed by atoms with E-state index in [0.29, 0.717) is 5.92 Å². The Kier molecular flexibility index (Phi) is 4.90. The molecule has 72 valence electrons. The van der Waals surface area contributed by atoms with Crippen LogP contribution in [0.15, 0.2) is 0 Å². The highest BCUT2D eigenvalue weighted by atomic mass is 16.3. The maximum Gasteiger partial charge on any atom is 0.217 e. The Hall–Kier alpha value is -0.570. The van der Waals surface area contributed by atoms with E-state index in [4.69, 9.17) is 0 Å². The molecule has 1 amide bonds. The summed E-state index contributed by atoms with van der Waals surface area (Å²) in [5.41, 5.74) is 0. The number of rotatable bonds is 4. The molecule has 0 spiro atoms.